The lowest BCUT2D eigenvalue weighted by atomic mass is 10.1. The molecular formula is C17H12Cl2N2O3S. The third kappa shape index (κ3) is 3.20. The number of nitrogens with zero attached hydrogens (tertiary/aromatic N) is 1. The molecular weight excluding hydrogens is 383 g/mol. The molecule has 8 heteroatoms. The van der Waals surface area contributed by atoms with E-state index in [2.05, 4.69) is 5.32 Å². The Hall–Kier alpha value is -2.15. The normalized spacial score (nSPS) is 16.6. The minimum atomic E-state index is -0.587. The minimum Gasteiger partial charge on any atom is -0.466 e. The monoisotopic (exact) mass is 394 g/mol. The first kappa shape index (κ1) is 17.7. The van der Waals surface area contributed by atoms with Crippen LogP contribution in [-0.4, -0.2) is 16.9 Å². The second kappa shape index (κ2) is 6.63. The van der Waals surface area contributed by atoms with Crippen LogP contribution in [-0.2, 0) is 9.59 Å². The Morgan fingerprint density at radius 2 is 1.96 bits per heavy atom. The lowest BCUT2D eigenvalue weighted by molar-refractivity contribution is -0.122. The van der Waals surface area contributed by atoms with Crippen LogP contribution in [0.25, 0.3) is 6.08 Å². The van der Waals surface area contributed by atoms with Gasteiger partial charge in [-0.3, -0.25) is 19.8 Å². The van der Waals surface area contributed by atoms with Gasteiger partial charge in [-0.05, 0) is 50.3 Å². The first-order valence-corrected chi connectivity index (χ1v) is 8.38. The summed E-state index contributed by atoms with van der Waals surface area (Å²) in [5.74, 6) is 0.114. The Morgan fingerprint density at radius 1 is 1.24 bits per heavy atom. The van der Waals surface area contributed by atoms with Gasteiger partial charge < -0.3 is 4.42 Å². The molecule has 1 saturated heterocycles. The van der Waals surface area contributed by atoms with Crippen molar-refractivity contribution < 1.29 is 14.0 Å². The van der Waals surface area contributed by atoms with Gasteiger partial charge in [-0.1, -0.05) is 29.3 Å². The van der Waals surface area contributed by atoms with Gasteiger partial charge in [0, 0.05) is 5.56 Å². The average molecular weight is 395 g/mol. The summed E-state index contributed by atoms with van der Waals surface area (Å²) in [5.41, 5.74) is 0.865. The van der Waals surface area contributed by atoms with Crippen molar-refractivity contribution in [3.8, 4) is 0 Å². The van der Waals surface area contributed by atoms with Crippen LogP contribution in [0.1, 0.15) is 17.1 Å². The largest absolute Gasteiger partial charge is 0.466 e. The van der Waals surface area contributed by atoms with Crippen molar-refractivity contribution in [2.24, 2.45) is 0 Å². The van der Waals surface area contributed by atoms with E-state index in [-0.39, 0.29) is 20.7 Å². The Morgan fingerprint density at radius 3 is 2.60 bits per heavy atom. The zero-order chi connectivity index (χ0) is 18.3. The average Bonchev–Trinajstić information content (AvgIpc) is 2.85. The zero-order valence-corrected chi connectivity index (χ0v) is 15.6. The molecule has 2 amide bonds. The van der Waals surface area contributed by atoms with E-state index in [4.69, 9.17) is 39.8 Å². The molecule has 128 valence electrons. The smallest absolute Gasteiger partial charge is 0.270 e. The highest BCUT2D eigenvalue weighted by Gasteiger charge is 2.35. The first-order valence-electron chi connectivity index (χ1n) is 7.22. The van der Waals surface area contributed by atoms with Gasteiger partial charge >= 0.3 is 0 Å². The second-order valence-electron chi connectivity index (χ2n) is 5.40. The van der Waals surface area contributed by atoms with Crippen LogP contribution in [0.5, 0.6) is 0 Å². The molecule has 1 aromatic heterocycles. The predicted octanol–water partition coefficient (Wildman–Crippen LogP) is 4.03. The van der Waals surface area contributed by atoms with Gasteiger partial charge in [-0.15, -0.1) is 0 Å². The lowest BCUT2D eigenvalue weighted by Crippen LogP contribution is -2.54. The number of thiocarbonyl (C=S) groups is 1. The van der Waals surface area contributed by atoms with Crippen molar-refractivity contribution in [1.82, 2.24) is 5.32 Å². The summed E-state index contributed by atoms with van der Waals surface area (Å²) in [7, 11) is 0. The summed E-state index contributed by atoms with van der Waals surface area (Å²) in [5, 5.41) is 2.89. The third-order valence-electron chi connectivity index (χ3n) is 3.65. The molecule has 0 saturated carbocycles. The van der Waals surface area contributed by atoms with Crippen LogP contribution < -0.4 is 10.2 Å². The van der Waals surface area contributed by atoms with Crippen molar-refractivity contribution in [2.45, 2.75) is 13.8 Å². The maximum absolute atomic E-state index is 12.9. The number of nitrogens with one attached hydrogen (secondary N) is 1. The van der Waals surface area contributed by atoms with E-state index < -0.39 is 11.8 Å². The van der Waals surface area contributed by atoms with Gasteiger partial charge in [0.15, 0.2) is 5.11 Å². The van der Waals surface area contributed by atoms with E-state index in [0.29, 0.717) is 22.8 Å². The van der Waals surface area contributed by atoms with Crippen LogP contribution in [0.3, 0.4) is 0 Å². The molecule has 0 unspecified atom stereocenters. The molecule has 0 atom stereocenters. The minimum absolute atomic E-state index is 0.0589. The Balaban J connectivity index is 2.09. The summed E-state index contributed by atoms with van der Waals surface area (Å²) in [6.45, 7) is 3.53. The van der Waals surface area contributed by atoms with Crippen molar-refractivity contribution in [3.05, 3.63) is 57.0 Å². The molecule has 0 spiro atoms. The number of hydrogen-bond acceptors (Lipinski definition) is 4. The maximum Gasteiger partial charge on any atom is 0.270 e. The van der Waals surface area contributed by atoms with Crippen LogP contribution in [0.15, 0.2) is 34.3 Å². The number of halogens is 2. The molecule has 5 nitrogen and oxygen atoms in total. The molecule has 1 N–H and O–H groups in total. The van der Waals surface area contributed by atoms with Crippen molar-refractivity contribution in [1.29, 1.82) is 0 Å². The van der Waals surface area contributed by atoms with Crippen molar-refractivity contribution in [3.63, 3.8) is 0 Å². The van der Waals surface area contributed by atoms with Crippen molar-refractivity contribution >= 4 is 64.1 Å². The fourth-order valence-corrected chi connectivity index (χ4v) is 3.14. The topological polar surface area (TPSA) is 62.6 Å². The van der Waals surface area contributed by atoms with Gasteiger partial charge in [0.2, 0.25) is 0 Å². The fourth-order valence-electron chi connectivity index (χ4n) is 2.49. The van der Waals surface area contributed by atoms with Crippen LogP contribution in [0, 0.1) is 13.8 Å². The van der Waals surface area contributed by atoms with E-state index >= 15 is 0 Å². The number of carbonyl (C=O) groups excluding carboxylic acids is 2. The van der Waals surface area contributed by atoms with E-state index in [1.807, 2.05) is 0 Å². The highest BCUT2D eigenvalue weighted by molar-refractivity contribution is 7.80. The Bertz CT molecular complexity index is 949. The molecule has 1 fully saturated rings. The Labute approximate surface area is 159 Å². The van der Waals surface area contributed by atoms with Crippen LogP contribution in [0.2, 0.25) is 10.0 Å². The SMILES string of the molecule is Cc1cc(/C=C2\C(=O)NC(=S)N(c3cccc(Cl)c3Cl)C2=O)c(C)o1. The number of benzene rings is 1. The molecule has 1 aliphatic heterocycles. The number of furan rings is 1. The molecule has 2 heterocycles. The van der Waals surface area contributed by atoms with E-state index in [1.165, 1.54) is 6.08 Å². The summed E-state index contributed by atoms with van der Waals surface area (Å²) in [6, 6.07) is 6.58. The summed E-state index contributed by atoms with van der Waals surface area (Å²) < 4.78 is 5.43. The highest BCUT2D eigenvalue weighted by Crippen LogP contribution is 2.34. The maximum atomic E-state index is 12.9. The molecule has 3 rings (SSSR count). The number of rotatable bonds is 2. The molecule has 2 aromatic rings. The van der Waals surface area contributed by atoms with E-state index in [0.717, 1.165) is 4.90 Å². The summed E-state index contributed by atoms with van der Waals surface area (Å²) in [6.07, 6.45) is 1.47. The zero-order valence-electron chi connectivity index (χ0n) is 13.2. The Kier molecular flexibility index (Phi) is 4.69. The number of hydrogen-bond donors (Lipinski definition) is 1. The molecule has 25 heavy (non-hydrogen) atoms. The molecule has 0 aliphatic carbocycles. The summed E-state index contributed by atoms with van der Waals surface area (Å²) >= 11 is 17.4. The predicted molar refractivity (Wildman–Crippen MR) is 101 cm³/mol. The standard InChI is InChI=1S/C17H12Cl2N2O3S/c1-8-6-10(9(2)24-8)7-11-15(22)20-17(25)21(16(11)23)13-5-3-4-12(18)14(13)19/h3-7H,1-2H3,(H,20,22,25)/b11-7+. The van der Waals surface area contributed by atoms with E-state index in [1.54, 1.807) is 38.1 Å². The first-order chi connectivity index (χ1) is 11.8. The lowest BCUT2D eigenvalue weighted by Gasteiger charge is -2.29. The van der Waals surface area contributed by atoms with Crippen LogP contribution in [0.4, 0.5) is 5.69 Å². The second-order valence-corrected chi connectivity index (χ2v) is 6.57. The highest BCUT2D eigenvalue weighted by atomic mass is 35.5. The van der Waals surface area contributed by atoms with Gasteiger partial charge in [-0.25, -0.2) is 0 Å². The van der Waals surface area contributed by atoms with Gasteiger partial charge in [0.05, 0.1) is 15.7 Å². The van der Waals surface area contributed by atoms with Gasteiger partial charge in [-0.2, -0.15) is 0 Å². The number of carbonyl (C=O) groups is 2. The third-order valence-corrected chi connectivity index (χ3v) is 4.75. The number of aryl methyl sites for hydroxylation is 2. The molecule has 1 aromatic carbocycles. The van der Waals surface area contributed by atoms with Crippen LogP contribution >= 0.6 is 35.4 Å². The van der Waals surface area contributed by atoms with Gasteiger partial charge in [0.25, 0.3) is 11.8 Å². The quantitative estimate of drug-likeness (QED) is 0.474. The van der Waals surface area contributed by atoms with Crippen molar-refractivity contribution in [2.75, 3.05) is 4.90 Å². The van der Waals surface area contributed by atoms with Gasteiger partial charge in [0.1, 0.15) is 17.1 Å². The molecule has 0 radical (unpaired) electrons. The number of amides is 2. The molecule has 0 bridgehead atoms. The molecule has 1 aliphatic rings. The van der Waals surface area contributed by atoms with E-state index in [9.17, 15) is 9.59 Å². The number of anilines is 1. The fraction of sp³-hybridized carbons (Fsp3) is 0.118. The summed E-state index contributed by atoms with van der Waals surface area (Å²) in [4.78, 5) is 26.3.